The Morgan fingerprint density at radius 3 is 2.44 bits per heavy atom. The highest BCUT2D eigenvalue weighted by Crippen LogP contribution is 2.30. The van der Waals surface area contributed by atoms with Gasteiger partial charge in [-0.25, -0.2) is 4.39 Å². The van der Waals surface area contributed by atoms with Crippen molar-refractivity contribution in [1.29, 1.82) is 0 Å². The first-order valence-corrected chi connectivity index (χ1v) is 12.5. The number of para-hydroxylation sites is 1. The van der Waals surface area contributed by atoms with Crippen LogP contribution in [0.15, 0.2) is 79.0 Å². The molecule has 0 radical (unpaired) electrons. The standard InChI is InChI=1S/C29H27ClFN3O2/c30-26-7-3-1-6-25(26)29(36)34(23-13-14-23)19-28(35)33(18-20-9-11-22(31)12-10-20)16-15-21-17-32-27-8-4-2-5-24(21)27/h1-12,17,23,32H,13-16,18-19H2. The summed E-state index contributed by atoms with van der Waals surface area (Å²) in [6.45, 7) is 0.779. The molecule has 1 saturated carbocycles. The van der Waals surface area contributed by atoms with E-state index in [-0.39, 0.29) is 30.2 Å². The molecule has 3 aromatic carbocycles. The minimum atomic E-state index is -0.319. The Labute approximate surface area is 214 Å². The fourth-order valence-electron chi connectivity index (χ4n) is 4.48. The van der Waals surface area contributed by atoms with Crippen LogP contribution in [0.3, 0.4) is 0 Å². The number of nitrogens with zero attached hydrogens (tertiary/aromatic N) is 2. The van der Waals surface area contributed by atoms with E-state index in [1.807, 2.05) is 24.4 Å². The fraction of sp³-hybridized carbons (Fsp3) is 0.241. The van der Waals surface area contributed by atoms with Crippen LogP contribution in [0.25, 0.3) is 10.9 Å². The Balaban J connectivity index is 1.36. The second-order valence-corrected chi connectivity index (χ2v) is 9.60. The van der Waals surface area contributed by atoms with Crippen LogP contribution in [0.1, 0.15) is 34.3 Å². The number of carbonyl (C=O) groups is 2. The molecule has 1 N–H and O–H groups in total. The molecule has 5 nitrogen and oxygen atoms in total. The summed E-state index contributed by atoms with van der Waals surface area (Å²) in [5, 5.41) is 1.50. The van der Waals surface area contributed by atoms with Crippen molar-refractivity contribution in [1.82, 2.24) is 14.8 Å². The number of carbonyl (C=O) groups excluding carboxylic acids is 2. The second kappa shape index (κ2) is 10.5. The van der Waals surface area contributed by atoms with E-state index in [1.54, 1.807) is 46.2 Å². The summed E-state index contributed by atoms with van der Waals surface area (Å²) in [6.07, 6.45) is 4.37. The molecule has 0 atom stereocenters. The zero-order chi connectivity index (χ0) is 25.1. The Kier molecular flexibility index (Phi) is 7.05. The highest BCUT2D eigenvalue weighted by atomic mass is 35.5. The Morgan fingerprint density at radius 2 is 1.69 bits per heavy atom. The SMILES string of the molecule is O=C(CN(C(=O)c1ccccc1Cl)C1CC1)N(CCc1c[nH]c2ccccc12)Cc1ccc(F)cc1. The van der Waals surface area contributed by atoms with Crippen molar-refractivity contribution in [2.24, 2.45) is 0 Å². The average molecular weight is 504 g/mol. The maximum atomic E-state index is 13.6. The molecule has 7 heteroatoms. The van der Waals surface area contributed by atoms with Gasteiger partial charge in [-0.1, -0.05) is 54.1 Å². The van der Waals surface area contributed by atoms with Crippen LogP contribution >= 0.6 is 11.6 Å². The highest BCUT2D eigenvalue weighted by Gasteiger charge is 2.35. The van der Waals surface area contributed by atoms with Gasteiger partial charge in [-0.05, 0) is 60.7 Å². The van der Waals surface area contributed by atoms with Gasteiger partial charge in [-0.15, -0.1) is 0 Å². The normalized spacial score (nSPS) is 13.1. The van der Waals surface area contributed by atoms with Crippen LogP contribution in [0.5, 0.6) is 0 Å². The van der Waals surface area contributed by atoms with E-state index in [4.69, 9.17) is 11.6 Å². The lowest BCUT2D eigenvalue weighted by atomic mass is 10.1. The number of halogens is 2. The molecule has 1 aromatic heterocycles. The van der Waals surface area contributed by atoms with Gasteiger partial charge >= 0.3 is 0 Å². The van der Waals surface area contributed by atoms with E-state index < -0.39 is 0 Å². The summed E-state index contributed by atoms with van der Waals surface area (Å²) >= 11 is 6.29. The minimum Gasteiger partial charge on any atom is -0.361 e. The number of rotatable bonds is 9. The van der Waals surface area contributed by atoms with Gasteiger partial charge in [0.1, 0.15) is 12.4 Å². The maximum Gasteiger partial charge on any atom is 0.256 e. The number of aromatic amines is 1. The predicted molar refractivity (Wildman–Crippen MR) is 139 cm³/mol. The molecule has 5 rings (SSSR count). The van der Waals surface area contributed by atoms with E-state index in [1.165, 1.54) is 12.1 Å². The van der Waals surface area contributed by atoms with E-state index >= 15 is 0 Å². The number of aromatic nitrogens is 1. The smallest absolute Gasteiger partial charge is 0.256 e. The van der Waals surface area contributed by atoms with Crippen LogP contribution in [0.4, 0.5) is 4.39 Å². The van der Waals surface area contributed by atoms with Crippen molar-refractivity contribution in [2.45, 2.75) is 31.8 Å². The molecule has 1 aliphatic carbocycles. The maximum absolute atomic E-state index is 13.6. The molecule has 184 valence electrons. The average Bonchev–Trinajstić information content (AvgIpc) is 3.65. The molecular weight excluding hydrogens is 477 g/mol. The zero-order valence-electron chi connectivity index (χ0n) is 19.8. The van der Waals surface area contributed by atoms with Gasteiger partial charge in [-0.2, -0.15) is 0 Å². The van der Waals surface area contributed by atoms with E-state index in [0.717, 1.165) is 34.9 Å². The Bertz CT molecular complexity index is 1380. The lowest BCUT2D eigenvalue weighted by Crippen LogP contribution is -2.44. The van der Waals surface area contributed by atoms with Gasteiger partial charge in [0.2, 0.25) is 5.91 Å². The summed E-state index contributed by atoms with van der Waals surface area (Å²) in [7, 11) is 0. The predicted octanol–water partition coefficient (Wildman–Crippen LogP) is 5.84. The second-order valence-electron chi connectivity index (χ2n) is 9.20. The third-order valence-electron chi connectivity index (χ3n) is 6.62. The van der Waals surface area contributed by atoms with Crippen LogP contribution < -0.4 is 0 Å². The van der Waals surface area contributed by atoms with Crippen LogP contribution in [0.2, 0.25) is 5.02 Å². The Morgan fingerprint density at radius 1 is 0.972 bits per heavy atom. The lowest BCUT2D eigenvalue weighted by Gasteiger charge is -2.28. The van der Waals surface area contributed by atoms with Crippen molar-refractivity contribution >= 4 is 34.3 Å². The molecule has 0 aliphatic heterocycles. The summed E-state index contributed by atoms with van der Waals surface area (Å²) in [4.78, 5) is 33.6. The van der Waals surface area contributed by atoms with Gasteiger partial charge in [0, 0.05) is 36.2 Å². The van der Waals surface area contributed by atoms with Gasteiger partial charge < -0.3 is 14.8 Å². The monoisotopic (exact) mass is 503 g/mol. The molecular formula is C29H27ClFN3O2. The van der Waals surface area contributed by atoms with Gasteiger partial charge in [-0.3, -0.25) is 9.59 Å². The van der Waals surface area contributed by atoms with Crippen molar-refractivity contribution in [3.8, 4) is 0 Å². The number of hydrogen-bond donors (Lipinski definition) is 1. The van der Waals surface area contributed by atoms with Gasteiger partial charge in [0.05, 0.1) is 10.6 Å². The molecule has 0 spiro atoms. The molecule has 4 aromatic rings. The van der Waals surface area contributed by atoms with E-state index in [9.17, 15) is 14.0 Å². The van der Waals surface area contributed by atoms with E-state index in [2.05, 4.69) is 11.1 Å². The molecule has 0 unspecified atom stereocenters. The van der Waals surface area contributed by atoms with Crippen LogP contribution in [-0.4, -0.2) is 45.7 Å². The number of amides is 2. The lowest BCUT2D eigenvalue weighted by molar-refractivity contribution is -0.132. The molecule has 0 bridgehead atoms. The van der Waals surface area contributed by atoms with Gasteiger partial charge in [0.25, 0.3) is 5.91 Å². The zero-order valence-corrected chi connectivity index (χ0v) is 20.5. The number of H-pyrrole nitrogens is 1. The van der Waals surface area contributed by atoms with Crippen molar-refractivity contribution < 1.29 is 14.0 Å². The van der Waals surface area contributed by atoms with Crippen molar-refractivity contribution in [2.75, 3.05) is 13.1 Å². The first-order chi connectivity index (χ1) is 17.5. The number of hydrogen-bond acceptors (Lipinski definition) is 2. The minimum absolute atomic E-state index is 0.0240. The number of benzene rings is 3. The summed E-state index contributed by atoms with van der Waals surface area (Å²) < 4.78 is 13.5. The first kappa shape index (κ1) is 24.1. The summed E-state index contributed by atoms with van der Waals surface area (Å²) in [5.41, 5.74) is 3.41. The third-order valence-corrected chi connectivity index (χ3v) is 6.95. The fourth-order valence-corrected chi connectivity index (χ4v) is 4.70. The largest absolute Gasteiger partial charge is 0.361 e. The molecule has 1 heterocycles. The molecule has 2 amide bonds. The van der Waals surface area contributed by atoms with Crippen molar-refractivity contribution in [3.05, 3.63) is 107 Å². The highest BCUT2D eigenvalue weighted by molar-refractivity contribution is 6.33. The van der Waals surface area contributed by atoms with Gasteiger partial charge in [0.15, 0.2) is 0 Å². The molecule has 36 heavy (non-hydrogen) atoms. The number of fused-ring (bicyclic) bond motifs is 1. The Hall–Kier alpha value is -3.64. The van der Waals surface area contributed by atoms with Crippen LogP contribution in [-0.2, 0) is 17.8 Å². The van der Waals surface area contributed by atoms with Crippen molar-refractivity contribution in [3.63, 3.8) is 0 Å². The quantitative estimate of drug-likeness (QED) is 0.312. The molecule has 0 saturated heterocycles. The molecule has 1 aliphatic rings. The van der Waals surface area contributed by atoms with E-state index in [0.29, 0.717) is 30.1 Å². The topological polar surface area (TPSA) is 56.4 Å². The summed E-state index contributed by atoms with van der Waals surface area (Å²) in [5.74, 6) is -0.693. The third kappa shape index (κ3) is 5.44. The number of nitrogens with one attached hydrogen (secondary N) is 1. The summed E-state index contributed by atoms with van der Waals surface area (Å²) in [6, 6.07) is 21.2. The first-order valence-electron chi connectivity index (χ1n) is 12.1. The van der Waals surface area contributed by atoms with Crippen LogP contribution in [0, 0.1) is 5.82 Å². The molecule has 1 fully saturated rings.